The van der Waals surface area contributed by atoms with Crippen molar-refractivity contribution in [3.8, 4) is 0 Å². The van der Waals surface area contributed by atoms with E-state index in [4.69, 9.17) is 9.15 Å². The fourth-order valence-electron chi connectivity index (χ4n) is 3.65. The van der Waals surface area contributed by atoms with Crippen molar-refractivity contribution in [3.63, 3.8) is 0 Å². The summed E-state index contributed by atoms with van der Waals surface area (Å²) >= 11 is 0. The smallest absolute Gasteiger partial charge is 0.329 e. The van der Waals surface area contributed by atoms with Gasteiger partial charge in [-0.25, -0.2) is 4.79 Å². The number of hydrogen-bond donors (Lipinski definition) is 1. The highest BCUT2D eigenvalue weighted by molar-refractivity contribution is 5.97. The fourth-order valence-corrected chi connectivity index (χ4v) is 3.65. The molecule has 4 rings (SSSR count). The molecule has 2 amide bonds. The number of hydrogen-bond acceptors (Lipinski definition) is 7. The Bertz CT molecular complexity index is 1210. The Kier molecular flexibility index (Phi) is 6.16. The van der Waals surface area contributed by atoms with Crippen molar-refractivity contribution in [2.75, 3.05) is 11.9 Å². The summed E-state index contributed by atoms with van der Waals surface area (Å²) in [5, 5.41) is 13.5. The number of rotatable bonds is 6. The third-order valence-corrected chi connectivity index (χ3v) is 5.23. The topological polar surface area (TPSA) is 132 Å². The molecule has 1 aliphatic heterocycles. The second-order valence-corrected chi connectivity index (χ2v) is 7.33. The van der Waals surface area contributed by atoms with Crippen LogP contribution in [0.15, 0.2) is 71.3 Å². The lowest BCUT2D eigenvalue weighted by Gasteiger charge is -2.34. The summed E-state index contributed by atoms with van der Waals surface area (Å²) in [5.74, 6) is -1.89. The highest BCUT2D eigenvalue weighted by atomic mass is 16.6. The van der Waals surface area contributed by atoms with Gasteiger partial charge in [0.2, 0.25) is 0 Å². The lowest BCUT2D eigenvalue weighted by atomic mass is 9.93. The molecule has 1 N–H and O–H groups in total. The van der Waals surface area contributed by atoms with Crippen LogP contribution in [0.4, 0.5) is 11.4 Å². The summed E-state index contributed by atoms with van der Waals surface area (Å²) in [6, 6.07) is 15.2. The number of fused-ring (bicyclic) bond motifs is 1. The van der Waals surface area contributed by atoms with Gasteiger partial charge in [0.1, 0.15) is 11.7 Å². The normalized spacial score (nSPS) is 14.8. The van der Waals surface area contributed by atoms with E-state index in [1.807, 2.05) is 24.3 Å². The molecule has 0 spiro atoms. The number of carbonyl (C=O) groups excluding carboxylic acids is 3. The average molecular weight is 449 g/mol. The van der Waals surface area contributed by atoms with Gasteiger partial charge in [0.05, 0.1) is 11.2 Å². The van der Waals surface area contributed by atoms with E-state index < -0.39 is 35.4 Å². The summed E-state index contributed by atoms with van der Waals surface area (Å²) in [5.41, 5.74) is 1.50. The molecule has 0 radical (unpaired) electrons. The molecule has 168 valence electrons. The van der Waals surface area contributed by atoms with Crippen molar-refractivity contribution in [2.24, 2.45) is 0 Å². The molecule has 0 saturated heterocycles. The molecule has 1 aromatic heterocycles. The number of carbonyl (C=O) groups is 3. The van der Waals surface area contributed by atoms with E-state index in [-0.39, 0.29) is 30.1 Å². The van der Waals surface area contributed by atoms with E-state index in [1.165, 1.54) is 41.5 Å². The molecule has 2 heterocycles. The van der Waals surface area contributed by atoms with Crippen LogP contribution in [0.1, 0.15) is 21.7 Å². The van der Waals surface area contributed by atoms with Gasteiger partial charge in [-0.15, -0.1) is 0 Å². The number of nitrogens with zero attached hydrogens (tertiary/aromatic N) is 2. The first-order valence-corrected chi connectivity index (χ1v) is 10.0. The molecular weight excluding hydrogens is 430 g/mol. The van der Waals surface area contributed by atoms with Crippen molar-refractivity contribution in [3.05, 3.63) is 93.9 Å². The molecule has 0 saturated carbocycles. The second kappa shape index (κ2) is 9.35. The largest absolute Gasteiger partial charge is 0.459 e. The first-order valence-electron chi connectivity index (χ1n) is 10.0. The number of anilines is 1. The van der Waals surface area contributed by atoms with Gasteiger partial charge >= 0.3 is 5.97 Å². The predicted molar refractivity (Wildman–Crippen MR) is 115 cm³/mol. The summed E-state index contributed by atoms with van der Waals surface area (Å²) in [7, 11) is 0. The van der Waals surface area contributed by atoms with Crippen LogP contribution >= 0.6 is 0 Å². The zero-order chi connectivity index (χ0) is 23.4. The van der Waals surface area contributed by atoms with Crippen LogP contribution in [0.25, 0.3) is 0 Å². The van der Waals surface area contributed by atoms with Crippen LogP contribution in [0.2, 0.25) is 0 Å². The van der Waals surface area contributed by atoms with Gasteiger partial charge in [0.15, 0.2) is 12.4 Å². The highest BCUT2D eigenvalue weighted by Crippen LogP contribution is 2.26. The molecule has 3 aromatic rings. The summed E-state index contributed by atoms with van der Waals surface area (Å²) < 4.78 is 10.4. The lowest BCUT2D eigenvalue weighted by Crippen LogP contribution is -2.49. The minimum atomic E-state index is -0.962. The Labute approximate surface area is 187 Å². The molecule has 10 heteroatoms. The van der Waals surface area contributed by atoms with Gasteiger partial charge < -0.3 is 19.4 Å². The van der Waals surface area contributed by atoms with Gasteiger partial charge in [-0.1, -0.05) is 36.4 Å². The number of nitro benzene ring substituents is 1. The summed E-state index contributed by atoms with van der Waals surface area (Å²) in [4.78, 5) is 49.9. The molecule has 0 fully saturated rings. The minimum Gasteiger partial charge on any atom is -0.459 e. The van der Waals surface area contributed by atoms with E-state index in [9.17, 15) is 24.5 Å². The summed E-state index contributed by atoms with van der Waals surface area (Å²) in [6.07, 6.45) is 1.58. The van der Waals surface area contributed by atoms with E-state index >= 15 is 0 Å². The van der Waals surface area contributed by atoms with Gasteiger partial charge in [-0.05, 0) is 29.3 Å². The van der Waals surface area contributed by atoms with Crippen LogP contribution in [0, 0.1) is 10.1 Å². The molecule has 0 aliphatic carbocycles. The molecular formula is C23H19N3O7. The Morgan fingerprint density at radius 3 is 2.52 bits per heavy atom. The number of esters is 1. The minimum absolute atomic E-state index is 0.00948. The number of para-hydroxylation sites is 2. The number of benzene rings is 2. The third-order valence-electron chi connectivity index (χ3n) is 5.23. The van der Waals surface area contributed by atoms with E-state index in [2.05, 4.69) is 5.32 Å². The van der Waals surface area contributed by atoms with Crippen molar-refractivity contribution < 1.29 is 28.5 Å². The zero-order valence-electron chi connectivity index (χ0n) is 17.3. The van der Waals surface area contributed by atoms with Crippen molar-refractivity contribution in [1.82, 2.24) is 4.90 Å². The number of amides is 2. The molecule has 1 atom stereocenters. The third kappa shape index (κ3) is 4.74. The molecule has 1 aliphatic rings. The number of ether oxygens (including phenoxy) is 1. The molecule has 10 nitrogen and oxygen atoms in total. The molecule has 0 unspecified atom stereocenters. The Hall–Kier alpha value is -4.47. The van der Waals surface area contributed by atoms with Crippen LogP contribution in [-0.4, -0.2) is 40.3 Å². The van der Waals surface area contributed by atoms with Crippen LogP contribution < -0.4 is 5.32 Å². The van der Waals surface area contributed by atoms with Crippen LogP contribution in [0.5, 0.6) is 0 Å². The Morgan fingerprint density at radius 2 is 1.79 bits per heavy atom. The lowest BCUT2D eigenvalue weighted by molar-refractivity contribution is -0.383. The number of nitrogens with one attached hydrogen (secondary N) is 1. The summed E-state index contributed by atoms with van der Waals surface area (Å²) in [6.45, 7) is -0.482. The predicted octanol–water partition coefficient (Wildman–Crippen LogP) is 2.94. The fraction of sp³-hybridized carbons (Fsp3) is 0.174. The number of furan rings is 1. The van der Waals surface area contributed by atoms with Gasteiger partial charge in [-0.3, -0.25) is 19.7 Å². The van der Waals surface area contributed by atoms with Gasteiger partial charge in [0, 0.05) is 19.0 Å². The van der Waals surface area contributed by atoms with Crippen LogP contribution in [-0.2, 0) is 27.3 Å². The van der Waals surface area contributed by atoms with Crippen LogP contribution in [0.3, 0.4) is 0 Å². The van der Waals surface area contributed by atoms with Crippen molar-refractivity contribution in [2.45, 2.75) is 19.0 Å². The SMILES string of the molecule is O=C(COC(=O)[C@@H]1Cc2ccccc2CN1C(=O)c1ccco1)Nc1ccccc1[N+](=O)[O-]. The maximum absolute atomic E-state index is 12.9. The molecule has 0 bridgehead atoms. The van der Waals surface area contributed by atoms with E-state index in [0.717, 1.165) is 11.1 Å². The zero-order valence-corrected chi connectivity index (χ0v) is 17.3. The van der Waals surface area contributed by atoms with Crippen molar-refractivity contribution in [1.29, 1.82) is 0 Å². The maximum Gasteiger partial charge on any atom is 0.329 e. The molecule has 2 aromatic carbocycles. The highest BCUT2D eigenvalue weighted by Gasteiger charge is 2.37. The first-order chi connectivity index (χ1) is 15.9. The number of nitro groups is 1. The standard InChI is InChI=1S/C23H19N3O7/c27-21(24-17-8-3-4-9-18(17)26(30)31)14-33-23(29)19-12-15-6-1-2-7-16(15)13-25(19)22(28)20-10-5-11-32-20/h1-11,19H,12-14H2,(H,24,27)/t19-/m0/s1. The first kappa shape index (κ1) is 21.8. The van der Waals surface area contributed by atoms with E-state index in [0.29, 0.717) is 0 Å². The van der Waals surface area contributed by atoms with Crippen molar-refractivity contribution >= 4 is 29.2 Å². The monoisotopic (exact) mass is 449 g/mol. The Morgan fingerprint density at radius 1 is 1.06 bits per heavy atom. The van der Waals surface area contributed by atoms with Gasteiger partial charge in [0.25, 0.3) is 17.5 Å². The second-order valence-electron chi connectivity index (χ2n) is 7.33. The molecule has 33 heavy (non-hydrogen) atoms. The van der Waals surface area contributed by atoms with Gasteiger partial charge in [-0.2, -0.15) is 0 Å². The van der Waals surface area contributed by atoms with E-state index in [1.54, 1.807) is 6.07 Å². The quantitative estimate of drug-likeness (QED) is 0.348. The Balaban J connectivity index is 1.47. The average Bonchev–Trinajstić information content (AvgIpc) is 3.36. The maximum atomic E-state index is 12.9.